The minimum absolute atomic E-state index is 0.0912. The van der Waals surface area contributed by atoms with Crippen molar-refractivity contribution in [3.63, 3.8) is 0 Å². The van der Waals surface area contributed by atoms with Crippen LogP contribution in [0.4, 0.5) is 0 Å². The molecular formula is C23H23BrN2O3S. The molecule has 1 aliphatic rings. The summed E-state index contributed by atoms with van der Waals surface area (Å²) in [4.78, 5) is 19.8. The molecule has 1 saturated carbocycles. The van der Waals surface area contributed by atoms with E-state index in [1.165, 1.54) is 0 Å². The van der Waals surface area contributed by atoms with Crippen molar-refractivity contribution in [3.05, 3.63) is 63.6 Å². The molecule has 5 nitrogen and oxygen atoms in total. The van der Waals surface area contributed by atoms with Gasteiger partial charge >= 0.3 is 0 Å². The SMILES string of the molecule is COc1ccc(OC)c(CN(C(=O)Cc2csc(-c3cccc(Br)c3)n2)C2CC2)c1. The van der Waals surface area contributed by atoms with E-state index in [2.05, 4.69) is 15.9 Å². The summed E-state index contributed by atoms with van der Waals surface area (Å²) in [5, 5.41) is 2.90. The molecule has 0 unspecified atom stereocenters. The number of benzene rings is 2. The van der Waals surface area contributed by atoms with Gasteiger partial charge in [0, 0.05) is 33.6 Å². The summed E-state index contributed by atoms with van der Waals surface area (Å²) >= 11 is 5.06. The van der Waals surface area contributed by atoms with Gasteiger partial charge in [-0.25, -0.2) is 4.98 Å². The molecule has 30 heavy (non-hydrogen) atoms. The van der Waals surface area contributed by atoms with Crippen molar-refractivity contribution in [2.24, 2.45) is 0 Å². The minimum atomic E-state index is 0.0912. The fourth-order valence-corrected chi connectivity index (χ4v) is 4.61. The summed E-state index contributed by atoms with van der Waals surface area (Å²) in [6.07, 6.45) is 2.38. The lowest BCUT2D eigenvalue weighted by molar-refractivity contribution is -0.131. The van der Waals surface area contributed by atoms with Crippen LogP contribution in [0.5, 0.6) is 11.5 Å². The standard InChI is InChI=1S/C23H23BrN2O3S/c1-28-20-8-9-21(29-2)16(11-20)13-26(19-6-7-19)22(27)12-18-14-30-23(25-18)15-4-3-5-17(24)10-15/h3-5,8-11,14,19H,6-7,12-13H2,1-2H3. The molecule has 3 aromatic rings. The molecule has 4 rings (SSSR count). The van der Waals surface area contributed by atoms with E-state index in [0.717, 1.165) is 50.6 Å². The smallest absolute Gasteiger partial charge is 0.229 e. The second kappa shape index (κ2) is 9.18. The first-order valence-electron chi connectivity index (χ1n) is 9.78. The second-order valence-corrected chi connectivity index (χ2v) is 9.04. The molecular weight excluding hydrogens is 464 g/mol. The molecule has 156 valence electrons. The maximum absolute atomic E-state index is 13.2. The van der Waals surface area contributed by atoms with Crippen LogP contribution in [0.1, 0.15) is 24.1 Å². The van der Waals surface area contributed by atoms with Crippen molar-refractivity contribution in [1.82, 2.24) is 9.88 Å². The van der Waals surface area contributed by atoms with Crippen LogP contribution in [-0.2, 0) is 17.8 Å². The Labute approximate surface area is 188 Å². The third kappa shape index (κ3) is 4.84. The average Bonchev–Trinajstić information content (AvgIpc) is 3.49. The molecule has 1 aliphatic carbocycles. The van der Waals surface area contributed by atoms with Crippen molar-refractivity contribution in [3.8, 4) is 22.1 Å². The van der Waals surface area contributed by atoms with Crippen LogP contribution >= 0.6 is 27.3 Å². The van der Waals surface area contributed by atoms with Gasteiger partial charge < -0.3 is 14.4 Å². The molecule has 0 atom stereocenters. The lowest BCUT2D eigenvalue weighted by atomic mass is 10.1. The molecule has 0 bridgehead atoms. The zero-order valence-electron chi connectivity index (χ0n) is 16.9. The van der Waals surface area contributed by atoms with Gasteiger partial charge in [0.25, 0.3) is 0 Å². The topological polar surface area (TPSA) is 51.7 Å². The van der Waals surface area contributed by atoms with Gasteiger partial charge in [0.15, 0.2) is 0 Å². The summed E-state index contributed by atoms with van der Waals surface area (Å²) in [5.74, 6) is 1.61. The van der Waals surface area contributed by atoms with E-state index in [1.54, 1.807) is 25.6 Å². The van der Waals surface area contributed by atoms with E-state index in [4.69, 9.17) is 14.5 Å². The summed E-state index contributed by atoms with van der Waals surface area (Å²) in [5.41, 5.74) is 2.81. The van der Waals surface area contributed by atoms with E-state index < -0.39 is 0 Å². The fourth-order valence-electron chi connectivity index (χ4n) is 3.39. The van der Waals surface area contributed by atoms with Gasteiger partial charge in [0.1, 0.15) is 16.5 Å². The Kier molecular flexibility index (Phi) is 6.39. The van der Waals surface area contributed by atoms with E-state index >= 15 is 0 Å². The Bertz CT molecular complexity index is 1050. The van der Waals surface area contributed by atoms with E-state index in [0.29, 0.717) is 13.0 Å². The number of hydrogen-bond acceptors (Lipinski definition) is 5. The Hall–Kier alpha value is -2.38. The molecule has 1 amide bonds. The Morgan fingerprint density at radius 2 is 2.03 bits per heavy atom. The van der Waals surface area contributed by atoms with Crippen molar-refractivity contribution in [1.29, 1.82) is 0 Å². The molecule has 0 N–H and O–H groups in total. The van der Waals surface area contributed by atoms with Gasteiger partial charge in [-0.05, 0) is 43.2 Å². The first-order chi connectivity index (χ1) is 14.6. The van der Waals surface area contributed by atoms with Crippen LogP contribution in [0.2, 0.25) is 0 Å². The first-order valence-corrected chi connectivity index (χ1v) is 11.5. The van der Waals surface area contributed by atoms with E-state index in [-0.39, 0.29) is 11.9 Å². The highest BCUT2D eigenvalue weighted by Crippen LogP contribution is 2.33. The minimum Gasteiger partial charge on any atom is -0.497 e. The maximum Gasteiger partial charge on any atom is 0.229 e. The van der Waals surface area contributed by atoms with Crippen LogP contribution in [0, 0.1) is 0 Å². The second-order valence-electron chi connectivity index (χ2n) is 7.26. The molecule has 0 saturated heterocycles. The maximum atomic E-state index is 13.2. The predicted molar refractivity (Wildman–Crippen MR) is 122 cm³/mol. The van der Waals surface area contributed by atoms with Crippen LogP contribution in [0.3, 0.4) is 0 Å². The highest BCUT2D eigenvalue weighted by Gasteiger charge is 2.33. The third-order valence-electron chi connectivity index (χ3n) is 5.09. The number of nitrogens with zero attached hydrogens (tertiary/aromatic N) is 2. The molecule has 0 radical (unpaired) electrons. The predicted octanol–water partition coefficient (Wildman–Crippen LogP) is 5.32. The number of halogens is 1. The molecule has 1 aromatic heterocycles. The highest BCUT2D eigenvalue weighted by molar-refractivity contribution is 9.10. The normalized spacial score (nSPS) is 13.2. The van der Waals surface area contributed by atoms with E-state index in [1.807, 2.05) is 52.7 Å². The number of hydrogen-bond donors (Lipinski definition) is 0. The zero-order valence-corrected chi connectivity index (χ0v) is 19.3. The van der Waals surface area contributed by atoms with Crippen molar-refractivity contribution in [2.45, 2.75) is 31.8 Å². The number of ether oxygens (including phenoxy) is 2. The number of amides is 1. The van der Waals surface area contributed by atoms with Crippen molar-refractivity contribution < 1.29 is 14.3 Å². The summed E-state index contributed by atoms with van der Waals surface area (Å²) in [7, 11) is 3.29. The largest absolute Gasteiger partial charge is 0.497 e. The summed E-state index contributed by atoms with van der Waals surface area (Å²) in [6, 6.07) is 14.0. The van der Waals surface area contributed by atoms with Gasteiger partial charge in [-0.3, -0.25) is 4.79 Å². The molecule has 0 aliphatic heterocycles. The molecule has 1 heterocycles. The van der Waals surface area contributed by atoms with Gasteiger partial charge in [0.2, 0.25) is 5.91 Å². The Balaban J connectivity index is 1.50. The van der Waals surface area contributed by atoms with Crippen LogP contribution in [0.25, 0.3) is 10.6 Å². The van der Waals surface area contributed by atoms with Crippen LogP contribution < -0.4 is 9.47 Å². The van der Waals surface area contributed by atoms with Crippen LogP contribution in [-0.4, -0.2) is 36.1 Å². The quantitative estimate of drug-likeness (QED) is 0.432. The highest BCUT2D eigenvalue weighted by atomic mass is 79.9. The number of aromatic nitrogens is 1. The lowest BCUT2D eigenvalue weighted by Gasteiger charge is -2.23. The molecule has 7 heteroatoms. The molecule has 0 spiro atoms. The van der Waals surface area contributed by atoms with Crippen LogP contribution in [0.15, 0.2) is 52.3 Å². The molecule has 1 fully saturated rings. The fraction of sp³-hybridized carbons (Fsp3) is 0.304. The van der Waals surface area contributed by atoms with Crippen molar-refractivity contribution in [2.75, 3.05) is 14.2 Å². The summed E-state index contributed by atoms with van der Waals surface area (Å²) in [6.45, 7) is 0.506. The van der Waals surface area contributed by atoms with Crippen molar-refractivity contribution >= 4 is 33.2 Å². The Morgan fingerprint density at radius 3 is 2.73 bits per heavy atom. The number of thiazole rings is 1. The van der Waals surface area contributed by atoms with Gasteiger partial charge in [0.05, 0.1) is 26.3 Å². The van der Waals surface area contributed by atoms with E-state index in [9.17, 15) is 4.79 Å². The van der Waals surface area contributed by atoms with Gasteiger partial charge in [-0.2, -0.15) is 0 Å². The lowest BCUT2D eigenvalue weighted by Crippen LogP contribution is -2.34. The average molecular weight is 487 g/mol. The van der Waals surface area contributed by atoms with Gasteiger partial charge in [-0.15, -0.1) is 11.3 Å². The first kappa shape index (κ1) is 20.9. The number of rotatable bonds is 8. The summed E-state index contributed by atoms with van der Waals surface area (Å²) < 4.78 is 11.9. The third-order valence-corrected chi connectivity index (χ3v) is 6.53. The monoisotopic (exact) mass is 486 g/mol. The number of methoxy groups -OCH3 is 2. The molecule has 2 aromatic carbocycles. The van der Waals surface area contributed by atoms with Gasteiger partial charge in [-0.1, -0.05) is 28.1 Å². The Morgan fingerprint density at radius 1 is 1.20 bits per heavy atom. The number of carbonyl (C=O) groups excluding carboxylic acids is 1. The zero-order chi connectivity index (χ0) is 21.1. The number of carbonyl (C=O) groups is 1.